The molecule has 0 spiro atoms. The van der Waals surface area contributed by atoms with Crippen LogP contribution in [0.15, 0.2) is 46.0 Å². The fourth-order valence-electron chi connectivity index (χ4n) is 2.51. The van der Waals surface area contributed by atoms with Crippen LogP contribution in [0.2, 0.25) is 0 Å². The lowest BCUT2D eigenvalue weighted by Crippen LogP contribution is -2.24. The van der Waals surface area contributed by atoms with Crippen molar-refractivity contribution >= 4 is 28.1 Å². The number of halogens is 1. The van der Waals surface area contributed by atoms with E-state index in [0.29, 0.717) is 23.9 Å². The summed E-state index contributed by atoms with van der Waals surface area (Å²) in [4.78, 5) is 12.0. The summed E-state index contributed by atoms with van der Waals surface area (Å²) in [5.41, 5.74) is 4.48. The zero-order chi connectivity index (χ0) is 21.4. The van der Waals surface area contributed by atoms with E-state index in [-0.39, 0.29) is 17.9 Å². The summed E-state index contributed by atoms with van der Waals surface area (Å²) >= 11 is 3.45. The summed E-state index contributed by atoms with van der Waals surface area (Å²) in [6.45, 7) is 8.74. The second-order valence-corrected chi connectivity index (χ2v) is 8.18. The first-order valence-electron chi connectivity index (χ1n) is 9.30. The highest BCUT2D eigenvalue weighted by atomic mass is 79.9. The minimum absolute atomic E-state index is 0.0726. The number of rotatable bonds is 8. The molecule has 2 aromatic rings. The van der Waals surface area contributed by atoms with Crippen molar-refractivity contribution in [3.63, 3.8) is 0 Å². The molecule has 6 nitrogen and oxygen atoms in total. The SMILES string of the molecule is CCOc1c(Br)cc(/C=N/NC(=O)COc2ccc(C(C)(C)C)cc2)cc1OC. The fraction of sp³-hybridized carbons (Fsp3) is 0.364. The Morgan fingerprint density at radius 1 is 1.17 bits per heavy atom. The molecule has 7 heteroatoms. The highest BCUT2D eigenvalue weighted by molar-refractivity contribution is 9.10. The van der Waals surface area contributed by atoms with Gasteiger partial charge in [0.25, 0.3) is 5.91 Å². The fourth-order valence-corrected chi connectivity index (χ4v) is 3.08. The van der Waals surface area contributed by atoms with Crippen LogP contribution in [-0.2, 0) is 10.2 Å². The number of carbonyl (C=O) groups excluding carboxylic acids is 1. The van der Waals surface area contributed by atoms with Crippen LogP contribution in [-0.4, -0.2) is 32.4 Å². The highest BCUT2D eigenvalue weighted by Gasteiger charge is 2.13. The molecule has 1 amide bonds. The van der Waals surface area contributed by atoms with Crippen molar-refractivity contribution in [1.29, 1.82) is 0 Å². The highest BCUT2D eigenvalue weighted by Crippen LogP contribution is 2.36. The van der Waals surface area contributed by atoms with E-state index in [9.17, 15) is 4.79 Å². The number of hydrogen-bond acceptors (Lipinski definition) is 5. The number of hydrogen-bond donors (Lipinski definition) is 1. The molecule has 0 bridgehead atoms. The van der Waals surface area contributed by atoms with Gasteiger partial charge in [-0.1, -0.05) is 32.9 Å². The van der Waals surface area contributed by atoms with Gasteiger partial charge in [0.05, 0.1) is 24.4 Å². The van der Waals surface area contributed by atoms with Gasteiger partial charge < -0.3 is 14.2 Å². The molecule has 0 aliphatic carbocycles. The van der Waals surface area contributed by atoms with Crippen LogP contribution in [0.25, 0.3) is 0 Å². The van der Waals surface area contributed by atoms with Crippen LogP contribution in [0.5, 0.6) is 17.2 Å². The number of amides is 1. The summed E-state index contributed by atoms with van der Waals surface area (Å²) in [6, 6.07) is 11.3. The van der Waals surface area contributed by atoms with E-state index in [1.54, 1.807) is 13.2 Å². The third-order valence-corrected chi connectivity index (χ3v) is 4.62. The monoisotopic (exact) mass is 462 g/mol. The molecule has 0 unspecified atom stereocenters. The molecule has 0 aliphatic rings. The lowest BCUT2D eigenvalue weighted by atomic mass is 9.87. The van der Waals surface area contributed by atoms with Gasteiger partial charge in [-0.15, -0.1) is 0 Å². The molecule has 0 aromatic heterocycles. The van der Waals surface area contributed by atoms with E-state index >= 15 is 0 Å². The van der Waals surface area contributed by atoms with Gasteiger partial charge in [-0.25, -0.2) is 5.43 Å². The molecule has 2 aromatic carbocycles. The van der Waals surface area contributed by atoms with Crippen LogP contribution in [0.1, 0.15) is 38.8 Å². The molecular weight excluding hydrogens is 436 g/mol. The van der Waals surface area contributed by atoms with Gasteiger partial charge in [0.15, 0.2) is 18.1 Å². The van der Waals surface area contributed by atoms with E-state index < -0.39 is 0 Å². The molecule has 0 saturated heterocycles. The molecule has 0 saturated carbocycles. The van der Waals surface area contributed by atoms with E-state index in [1.165, 1.54) is 11.8 Å². The van der Waals surface area contributed by atoms with Crippen molar-refractivity contribution in [2.75, 3.05) is 20.3 Å². The summed E-state index contributed by atoms with van der Waals surface area (Å²) < 4.78 is 17.1. The zero-order valence-corrected chi connectivity index (χ0v) is 19.0. The Balaban J connectivity index is 1.90. The lowest BCUT2D eigenvalue weighted by Gasteiger charge is -2.19. The van der Waals surface area contributed by atoms with Gasteiger partial charge in [0, 0.05) is 0 Å². The van der Waals surface area contributed by atoms with Gasteiger partial charge in [-0.3, -0.25) is 4.79 Å². The lowest BCUT2D eigenvalue weighted by molar-refractivity contribution is -0.123. The standard InChI is InChI=1S/C22H27BrN2O4/c1-6-28-21-18(23)11-15(12-19(21)27-5)13-24-25-20(26)14-29-17-9-7-16(8-10-17)22(2,3)4/h7-13H,6,14H2,1-5H3,(H,25,26)/b24-13+. The minimum Gasteiger partial charge on any atom is -0.493 e. The van der Waals surface area contributed by atoms with Gasteiger partial charge in [0.2, 0.25) is 0 Å². The smallest absolute Gasteiger partial charge is 0.277 e. The third-order valence-electron chi connectivity index (χ3n) is 4.03. The van der Waals surface area contributed by atoms with Crippen molar-refractivity contribution in [3.8, 4) is 17.2 Å². The third kappa shape index (κ3) is 6.78. The topological polar surface area (TPSA) is 69.2 Å². The Labute approximate surface area is 180 Å². The number of carbonyl (C=O) groups is 1. The predicted molar refractivity (Wildman–Crippen MR) is 118 cm³/mol. The molecule has 0 heterocycles. The van der Waals surface area contributed by atoms with Crippen molar-refractivity contribution in [3.05, 3.63) is 52.0 Å². The number of ether oxygens (including phenoxy) is 3. The first-order chi connectivity index (χ1) is 13.7. The van der Waals surface area contributed by atoms with E-state index in [1.807, 2.05) is 37.3 Å². The van der Waals surface area contributed by atoms with Crippen LogP contribution in [0.3, 0.4) is 0 Å². The summed E-state index contributed by atoms with van der Waals surface area (Å²) in [6.07, 6.45) is 1.53. The van der Waals surface area contributed by atoms with Crippen molar-refractivity contribution in [2.24, 2.45) is 5.10 Å². The number of nitrogens with zero attached hydrogens (tertiary/aromatic N) is 1. The molecule has 1 N–H and O–H groups in total. The number of hydrazone groups is 1. The molecule has 156 valence electrons. The second kappa shape index (κ2) is 10.3. The molecule has 29 heavy (non-hydrogen) atoms. The zero-order valence-electron chi connectivity index (χ0n) is 17.4. The van der Waals surface area contributed by atoms with Crippen LogP contribution < -0.4 is 19.6 Å². The Kier molecular flexibility index (Phi) is 8.08. The maximum Gasteiger partial charge on any atom is 0.277 e. The molecule has 0 aliphatic heterocycles. The summed E-state index contributed by atoms with van der Waals surface area (Å²) in [5, 5.41) is 3.97. The van der Waals surface area contributed by atoms with Gasteiger partial charge >= 0.3 is 0 Å². The number of methoxy groups -OCH3 is 1. The maximum atomic E-state index is 12.0. The van der Waals surface area contributed by atoms with E-state index in [0.717, 1.165) is 10.0 Å². The van der Waals surface area contributed by atoms with Gasteiger partial charge in [0.1, 0.15) is 5.75 Å². The minimum atomic E-state index is -0.349. The van der Waals surface area contributed by atoms with Gasteiger partial charge in [-0.05, 0) is 63.7 Å². The summed E-state index contributed by atoms with van der Waals surface area (Å²) in [5.74, 6) is 1.49. The quantitative estimate of drug-likeness (QED) is 0.456. The number of nitrogens with one attached hydrogen (secondary N) is 1. The van der Waals surface area contributed by atoms with Crippen molar-refractivity contribution in [2.45, 2.75) is 33.1 Å². The second-order valence-electron chi connectivity index (χ2n) is 7.32. The van der Waals surface area contributed by atoms with Crippen molar-refractivity contribution < 1.29 is 19.0 Å². The molecule has 0 radical (unpaired) electrons. The Morgan fingerprint density at radius 3 is 2.45 bits per heavy atom. The molecule has 0 fully saturated rings. The predicted octanol–water partition coefficient (Wildman–Crippen LogP) is 4.68. The summed E-state index contributed by atoms with van der Waals surface area (Å²) in [7, 11) is 1.57. The van der Waals surface area contributed by atoms with Crippen LogP contribution in [0, 0.1) is 0 Å². The molecule has 0 atom stereocenters. The average molecular weight is 463 g/mol. The number of benzene rings is 2. The van der Waals surface area contributed by atoms with E-state index in [4.69, 9.17) is 14.2 Å². The Bertz CT molecular complexity index is 858. The Hall–Kier alpha value is -2.54. The normalized spacial score (nSPS) is 11.4. The van der Waals surface area contributed by atoms with Gasteiger partial charge in [-0.2, -0.15) is 5.10 Å². The first kappa shape index (κ1) is 22.7. The van der Waals surface area contributed by atoms with Crippen molar-refractivity contribution in [1.82, 2.24) is 5.43 Å². The van der Waals surface area contributed by atoms with E-state index in [2.05, 4.69) is 47.2 Å². The molecule has 2 rings (SSSR count). The average Bonchev–Trinajstić information content (AvgIpc) is 2.68. The first-order valence-corrected chi connectivity index (χ1v) is 10.1. The van der Waals surface area contributed by atoms with Crippen LogP contribution >= 0.6 is 15.9 Å². The van der Waals surface area contributed by atoms with Crippen LogP contribution in [0.4, 0.5) is 0 Å². The maximum absolute atomic E-state index is 12.0. The molecular formula is C22H27BrN2O4. The Morgan fingerprint density at radius 2 is 1.86 bits per heavy atom. The largest absolute Gasteiger partial charge is 0.493 e.